The third kappa shape index (κ3) is 7.39. The highest BCUT2D eigenvalue weighted by Crippen LogP contribution is 2.39. The summed E-state index contributed by atoms with van der Waals surface area (Å²) < 4.78 is 27.9. The van der Waals surface area contributed by atoms with Crippen LogP contribution in [0, 0.1) is 17.0 Å². The molecule has 0 atom stereocenters. The number of rotatable bonds is 13. The zero-order chi connectivity index (χ0) is 23.5. The number of aryl methyl sites for hydroxylation is 2. The number of hydrogen-bond acceptors (Lipinski definition) is 0. The molecule has 0 aromatic heterocycles. The van der Waals surface area contributed by atoms with Crippen molar-refractivity contribution in [2.75, 3.05) is 0 Å². The maximum atomic E-state index is 14.2. The molecule has 0 aliphatic heterocycles. The van der Waals surface area contributed by atoms with Gasteiger partial charge in [0.15, 0.2) is 11.6 Å². The fourth-order valence-corrected chi connectivity index (χ4v) is 4.98. The molecule has 3 rings (SSSR count). The SMILES string of the molecule is CCCCCCCCc1ccc(CCC2(CCC)C=CC(c3cccc(F)c3F)C=C2)cc1. The molecule has 0 heterocycles. The lowest BCUT2D eigenvalue weighted by molar-refractivity contribution is 0.402. The van der Waals surface area contributed by atoms with Crippen LogP contribution in [-0.2, 0) is 12.8 Å². The van der Waals surface area contributed by atoms with Gasteiger partial charge in [0, 0.05) is 16.9 Å². The summed E-state index contributed by atoms with van der Waals surface area (Å²) in [5, 5.41) is 0. The molecule has 2 aromatic rings. The second-order valence-electron chi connectivity index (χ2n) is 9.70. The lowest BCUT2D eigenvalue weighted by Gasteiger charge is -2.31. The fraction of sp³-hybridized carbons (Fsp3) is 0.484. The zero-order valence-electron chi connectivity index (χ0n) is 20.5. The van der Waals surface area contributed by atoms with E-state index in [9.17, 15) is 8.78 Å². The van der Waals surface area contributed by atoms with Gasteiger partial charge in [-0.15, -0.1) is 0 Å². The van der Waals surface area contributed by atoms with Gasteiger partial charge < -0.3 is 0 Å². The fourth-order valence-electron chi connectivity index (χ4n) is 4.98. The predicted octanol–water partition coefficient (Wildman–Crippen LogP) is 9.50. The highest BCUT2D eigenvalue weighted by molar-refractivity contribution is 5.36. The van der Waals surface area contributed by atoms with E-state index in [0.29, 0.717) is 5.56 Å². The predicted molar refractivity (Wildman–Crippen MR) is 137 cm³/mol. The Labute approximate surface area is 199 Å². The van der Waals surface area contributed by atoms with E-state index in [1.54, 1.807) is 12.1 Å². The van der Waals surface area contributed by atoms with Crippen molar-refractivity contribution in [2.24, 2.45) is 5.41 Å². The van der Waals surface area contributed by atoms with E-state index in [1.807, 2.05) is 0 Å². The normalized spacial score (nSPS) is 19.8. The summed E-state index contributed by atoms with van der Waals surface area (Å²) in [6.07, 6.45) is 22.0. The molecule has 33 heavy (non-hydrogen) atoms. The third-order valence-electron chi connectivity index (χ3n) is 7.05. The number of hydrogen-bond donors (Lipinski definition) is 0. The summed E-state index contributed by atoms with van der Waals surface area (Å²) >= 11 is 0. The van der Waals surface area contributed by atoms with Crippen LogP contribution in [0.5, 0.6) is 0 Å². The highest BCUT2D eigenvalue weighted by Gasteiger charge is 2.27. The quantitative estimate of drug-likeness (QED) is 0.210. The first-order valence-electron chi connectivity index (χ1n) is 13.0. The van der Waals surface area contributed by atoms with Crippen molar-refractivity contribution in [2.45, 2.75) is 90.4 Å². The van der Waals surface area contributed by atoms with Gasteiger partial charge in [-0.25, -0.2) is 8.78 Å². The molecule has 0 amide bonds. The third-order valence-corrected chi connectivity index (χ3v) is 7.05. The summed E-state index contributed by atoms with van der Waals surface area (Å²) in [7, 11) is 0. The molecular formula is C31H40F2. The minimum atomic E-state index is -0.778. The maximum absolute atomic E-state index is 14.2. The molecule has 178 valence electrons. The van der Waals surface area contributed by atoms with Crippen LogP contribution in [0.2, 0.25) is 0 Å². The first kappa shape index (κ1) is 25.4. The topological polar surface area (TPSA) is 0 Å². The maximum Gasteiger partial charge on any atom is 0.162 e. The smallest absolute Gasteiger partial charge is 0.162 e. The highest BCUT2D eigenvalue weighted by atomic mass is 19.2. The van der Waals surface area contributed by atoms with E-state index in [-0.39, 0.29) is 11.3 Å². The number of benzene rings is 2. The average molecular weight is 451 g/mol. The van der Waals surface area contributed by atoms with Gasteiger partial charge in [0.2, 0.25) is 0 Å². The minimum Gasteiger partial charge on any atom is -0.204 e. The summed E-state index contributed by atoms with van der Waals surface area (Å²) in [6, 6.07) is 13.6. The van der Waals surface area contributed by atoms with Crippen molar-refractivity contribution < 1.29 is 8.78 Å². The molecule has 0 N–H and O–H groups in total. The van der Waals surface area contributed by atoms with Crippen molar-refractivity contribution in [3.05, 3.63) is 95.1 Å². The molecule has 0 radical (unpaired) electrons. The van der Waals surface area contributed by atoms with Crippen LogP contribution in [0.15, 0.2) is 66.8 Å². The monoisotopic (exact) mass is 450 g/mol. The van der Waals surface area contributed by atoms with Gasteiger partial charge in [-0.2, -0.15) is 0 Å². The van der Waals surface area contributed by atoms with E-state index >= 15 is 0 Å². The van der Waals surface area contributed by atoms with Gasteiger partial charge in [0.25, 0.3) is 0 Å². The standard InChI is InChI=1S/C31H40F2/c1-3-5-6-7-8-9-11-25-14-16-26(17-15-25)18-22-31(21-4-2)23-19-27(20-24-31)28-12-10-13-29(32)30(28)33/h10,12-17,19-20,23-24,27H,3-9,11,18,21-22H2,1-2H3. The van der Waals surface area contributed by atoms with Gasteiger partial charge in [-0.3, -0.25) is 0 Å². The molecule has 0 saturated heterocycles. The lowest BCUT2D eigenvalue weighted by atomic mass is 9.73. The van der Waals surface area contributed by atoms with Crippen LogP contribution in [0.3, 0.4) is 0 Å². The second-order valence-corrected chi connectivity index (χ2v) is 9.70. The molecule has 0 unspecified atom stereocenters. The Morgan fingerprint density at radius 3 is 2.00 bits per heavy atom. The average Bonchev–Trinajstić information content (AvgIpc) is 2.83. The second kappa shape index (κ2) is 12.9. The van der Waals surface area contributed by atoms with Gasteiger partial charge in [0.1, 0.15) is 0 Å². The Hall–Kier alpha value is -2.22. The summed E-state index contributed by atoms with van der Waals surface area (Å²) in [6.45, 7) is 4.47. The van der Waals surface area contributed by atoms with Crippen LogP contribution >= 0.6 is 0 Å². The molecule has 2 heteroatoms. The lowest BCUT2D eigenvalue weighted by Crippen LogP contribution is -2.19. The summed E-state index contributed by atoms with van der Waals surface area (Å²) in [5.74, 6) is -1.72. The van der Waals surface area contributed by atoms with Crippen molar-refractivity contribution in [3.8, 4) is 0 Å². The number of halogens is 2. The number of allylic oxidation sites excluding steroid dienone is 4. The van der Waals surface area contributed by atoms with E-state index < -0.39 is 11.6 Å². The van der Waals surface area contributed by atoms with E-state index in [2.05, 4.69) is 62.4 Å². The largest absolute Gasteiger partial charge is 0.204 e. The van der Waals surface area contributed by atoms with Gasteiger partial charge in [0.05, 0.1) is 0 Å². The van der Waals surface area contributed by atoms with Crippen LogP contribution in [-0.4, -0.2) is 0 Å². The van der Waals surface area contributed by atoms with E-state index in [1.165, 1.54) is 62.1 Å². The molecule has 0 spiro atoms. The van der Waals surface area contributed by atoms with Crippen molar-refractivity contribution in [3.63, 3.8) is 0 Å². The Balaban J connectivity index is 1.54. The van der Waals surface area contributed by atoms with Crippen molar-refractivity contribution >= 4 is 0 Å². The van der Waals surface area contributed by atoms with Crippen molar-refractivity contribution in [1.82, 2.24) is 0 Å². The van der Waals surface area contributed by atoms with Crippen LogP contribution < -0.4 is 0 Å². The van der Waals surface area contributed by atoms with Crippen LogP contribution in [0.4, 0.5) is 8.78 Å². The number of unbranched alkanes of at least 4 members (excludes halogenated alkanes) is 5. The molecule has 0 fully saturated rings. The van der Waals surface area contributed by atoms with E-state index in [0.717, 1.165) is 25.7 Å². The first-order chi connectivity index (χ1) is 16.1. The molecule has 2 aromatic carbocycles. The van der Waals surface area contributed by atoms with Gasteiger partial charge in [-0.05, 0) is 49.3 Å². The molecule has 1 aliphatic rings. The van der Waals surface area contributed by atoms with Gasteiger partial charge >= 0.3 is 0 Å². The Bertz CT molecular complexity index is 893. The zero-order valence-corrected chi connectivity index (χ0v) is 20.5. The summed E-state index contributed by atoms with van der Waals surface area (Å²) in [4.78, 5) is 0. The molecule has 0 saturated carbocycles. The van der Waals surface area contributed by atoms with Crippen LogP contribution in [0.25, 0.3) is 0 Å². The molecule has 0 nitrogen and oxygen atoms in total. The van der Waals surface area contributed by atoms with Crippen molar-refractivity contribution in [1.29, 1.82) is 0 Å². The Morgan fingerprint density at radius 2 is 1.33 bits per heavy atom. The Kier molecular flexibility index (Phi) is 9.91. The Morgan fingerprint density at radius 1 is 0.697 bits per heavy atom. The van der Waals surface area contributed by atoms with E-state index in [4.69, 9.17) is 0 Å². The first-order valence-corrected chi connectivity index (χ1v) is 13.0. The molecular weight excluding hydrogens is 410 g/mol. The van der Waals surface area contributed by atoms with Crippen LogP contribution in [0.1, 0.15) is 94.2 Å². The minimum absolute atomic E-state index is 0.00773. The molecule has 1 aliphatic carbocycles. The van der Waals surface area contributed by atoms with Gasteiger partial charge in [-0.1, -0.05) is 113 Å². The summed E-state index contributed by atoms with van der Waals surface area (Å²) in [5.41, 5.74) is 3.22. The molecule has 0 bridgehead atoms.